The van der Waals surface area contributed by atoms with Crippen LogP contribution in [0.2, 0.25) is 5.02 Å². The zero-order chi connectivity index (χ0) is 15.6. The highest BCUT2D eigenvalue weighted by atomic mass is 79.9. The Kier molecular flexibility index (Phi) is 5.41. The topological polar surface area (TPSA) is 29.9 Å². The van der Waals surface area contributed by atoms with E-state index in [2.05, 4.69) is 26.3 Å². The van der Waals surface area contributed by atoms with Gasteiger partial charge in [-0.05, 0) is 31.2 Å². The molecular formula is C15H18BrClFN3. The van der Waals surface area contributed by atoms with Crippen LogP contribution in [0.4, 0.5) is 4.39 Å². The third-order valence-electron chi connectivity index (χ3n) is 3.59. The van der Waals surface area contributed by atoms with Gasteiger partial charge in [-0.2, -0.15) is 5.10 Å². The lowest BCUT2D eigenvalue weighted by Gasteiger charge is -2.18. The second-order valence-electron chi connectivity index (χ2n) is 4.90. The number of rotatable bonds is 5. The molecule has 114 valence electrons. The number of aryl methyl sites for hydroxylation is 2. The van der Waals surface area contributed by atoms with Crippen molar-refractivity contribution in [1.82, 2.24) is 15.1 Å². The van der Waals surface area contributed by atoms with Gasteiger partial charge < -0.3 is 5.32 Å². The number of nitrogens with zero attached hydrogens (tertiary/aromatic N) is 2. The smallest absolute Gasteiger partial charge is 0.124 e. The van der Waals surface area contributed by atoms with E-state index in [-0.39, 0.29) is 11.9 Å². The fourth-order valence-corrected chi connectivity index (χ4v) is 3.38. The van der Waals surface area contributed by atoms with Gasteiger partial charge in [-0.25, -0.2) is 4.39 Å². The molecule has 2 rings (SSSR count). The molecule has 0 aliphatic carbocycles. The average molecular weight is 375 g/mol. The Morgan fingerprint density at radius 2 is 2.19 bits per heavy atom. The predicted octanol–water partition coefficient (Wildman–Crippen LogP) is 4.04. The molecule has 1 unspecified atom stereocenters. The molecule has 3 nitrogen and oxygen atoms in total. The maximum atomic E-state index is 13.2. The lowest BCUT2D eigenvalue weighted by atomic mass is 10.0. The van der Waals surface area contributed by atoms with Gasteiger partial charge in [0.05, 0.1) is 16.4 Å². The minimum absolute atomic E-state index is 0.0255. The fourth-order valence-electron chi connectivity index (χ4n) is 2.39. The van der Waals surface area contributed by atoms with Gasteiger partial charge in [0.2, 0.25) is 0 Å². The summed E-state index contributed by atoms with van der Waals surface area (Å²) in [6, 6.07) is 4.75. The third-order valence-corrected chi connectivity index (χ3v) is 4.71. The number of nitrogens with one attached hydrogen (secondary N) is 1. The highest BCUT2D eigenvalue weighted by Gasteiger charge is 2.20. The molecule has 0 saturated heterocycles. The maximum Gasteiger partial charge on any atom is 0.124 e. The van der Waals surface area contributed by atoms with Crippen LogP contribution in [0.1, 0.15) is 29.9 Å². The second-order valence-corrected chi connectivity index (χ2v) is 6.13. The molecule has 1 N–H and O–H groups in total. The van der Waals surface area contributed by atoms with Crippen LogP contribution in [0.5, 0.6) is 0 Å². The Morgan fingerprint density at radius 3 is 2.71 bits per heavy atom. The van der Waals surface area contributed by atoms with Crippen LogP contribution in [0.3, 0.4) is 0 Å². The van der Waals surface area contributed by atoms with Crippen LogP contribution >= 0.6 is 27.5 Å². The molecule has 1 heterocycles. The number of halogens is 3. The van der Waals surface area contributed by atoms with Crippen LogP contribution < -0.4 is 5.32 Å². The highest BCUT2D eigenvalue weighted by molar-refractivity contribution is 9.10. The average Bonchev–Trinajstić information content (AvgIpc) is 2.72. The molecule has 1 atom stereocenters. The van der Waals surface area contributed by atoms with E-state index in [1.165, 1.54) is 12.1 Å². The first kappa shape index (κ1) is 16.5. The monoisotopic (exact) mass is 373 g/mol. The lowest BCUT2D eigenvalue weighted by Crippen LogP contribution is -2.20. The van der Waals surface area contributed by atoms with Gasteiger partial charge in [0.1, 0.15) is 5.82 Å². The first-order valence-corrected chi connectivity index (χ1v) is 7.97. The lowest BCUT2D eigenvalue weighted by molar-refractivity contribution is 0.556. The van der Waals surface area contributed by atoms with E-state index in [9.17, 15) is 4.39 Å². The minimum atomic E-state index is -0.257. The molecule has 0 saturated carbocycles. The molecule has 0 aliphatic heterocycles. The first-order valence-electron chi connectivity index (χ1n) is 6.80. The van der Waals surface area contributed by atoms with Crippen LogP contribution in [0.15, 0.2) is 22.7 Å². The fraction of sp³-hybridized carbons (Fsp3) is 0.400. The summed E-state index contributed by atoms with van der Waals surface area (Å²) in [5, 5.41) is 8.41. The largest absolute Gasteiger partial charge is 0.313 e. The summed E-state index contributed by atoms with van der Waals surface area (Å²) in [4.78, 5) is 0. The molecule has 1 aromatic heterocycles. The Labute approximate surface area is 137 Å². The van der Waals surface area contributed by atoms with Gasteiger partial charge in [-0.1, -0.05) is 40.5 Å². The molecule has 0 spiro atoms. The van der Waals surface area contributed by atoms with Gasteiger partial charge in [-0.3, -0.25) is 4.68 Å². The van der Waals surface area contributed by atoms with Crippen molar-refractivity contribution in [2.45, 2.75) is 25.8 Å². The van der Waals surface area contributed by atoms with Crippen LogP contribution in [0, 0.1) is 5.82 Å². The summed E-state index contributed by atoms with van der Waals surface area (Å²) < 4.78 is 15.8. The highest BCUT2D eigenvalue weighted by Crippen LogP contribution is 2.30. The summed E-state index contributed by atoms with van der Waals surface area (Å²) in [6.45, 7) is 2.03. The SMILES string of the molecule is CCc1nn(C)c(CC(NC)c2ccc(F)cc2Br)c1Cl. The Bertz CT molecular complexity index is 642. The van der Waals surface area contributed by atoms with Gasteiger partial charge >= 0.3 is 0 Å². The number of benzene rings is 1. The van der Waals surface area contributed by atoms with E-state index < -0.39 is 0 Å². The first-order chi connectivity index (χ1) is 9.97. The standard InChI is InChI=1S/C15H18BrClFN3/c1-4-12-15(17)14(21(3)20-12)8-13(19-2)10-6-5-9(18)7-11(10)16/h5-7,13,19H,4,8H2,1-3H3. The number of hydrogen-bond donors (Lipinski definition) is 1. The molecule has 1 aromatic carbocycles. The second kappa shape index (κ2) is 6.90. The third kappa shape index (κ3) is 3.47. The van der Waals surface area contributed by atoms with Gasteiger partial charge in [0, 0.05) is 24.0 Å². The van der Waals surface area contributed by atoms with Crippen molar-refractivity contribution in [3.8, 4) is 0 Å². The zero-order valence-electron chi connectivity index (χ0n) is 12.3. The molecule has 0 amide bonds. The summed E-state index contributed by atoms with van der Waals surface area (Å²) in [5.41, 5.74) is 2.88. The van der Waals surface area contributed by atoms with Crippen LogP contribution in [-0.2, 0) is 19.9 Å². The van der Waals surface area contributed by atoms with E-state index >= 15 is 0 Å². The van der Waals surface area contributed by atoms with E-state index in [1.807, 2.05) is 25.7 Å². The zero-order valence-corrected chi connectivity index (χ0v) is 14.6. The number of hydrogen-bond acceptors (Lipinski definition) is 2. The van der Waals surface area contributed by atoms with Crippen LogP contribution in [0.25, 0.3) is 0 Å². The van der Waals surface area contributed by atoms with Crippen LogP contribution in [-0.4, -0.2) is 16.8 Å². The van der Waals surface area contributed by atoms with E-state index in [4.69, 9.17) is 11.6 Å². The van der Waals surface area contributed by atoms with E-state index in [1.54, 1.807) is 6.07 Å². The molecular weight excluding hydrogens is 357 g/mol. The van der Waals surface area contributed by atoms with E-state index in [0.29, 0.717) is 6.42 Å². The van der Waals surface area contributed by atoms with Crippen molar-refractivity contribution in [3.63, 3.8) is 0 Å². The number of likely N-dealkylation sites (N-methyl/N-ethyl adjacent to an activating group) is 1. The Balaban J connectivity index is 2.33. The van der Waals surface area contributed by atoms with Crippen molar-refractivity contribution in [2.75, 3.05) is 7.05 Å². The molecule has 6 heteroatoms. The predicted molar refractivity (Wildman–Crippen MR) is 87.2 cm³/mol. The van der Waals surface area contributed by atoms with Crippen molar-refractivity contribution < 1.29 is 4.39 Å². The maximum absolute atomic E-state index is 13.2. The molecule has 0 fully saturated rings. The molecule has 0 bridgehead atoms. The normalized spacial score (nSPS) is 12.7. The Hall–Kier alpha value is -0.910. The summed E-state index contributed by atoms with van der Waals surface area (Å²) in [7, 11) is 3.78. The van der Waals surface area contributed by atoms with Gasteiger partial charge in [0.25, 0.3) is 0 Å². The summed E-state index contributed by atoms with van der Waals surface area (Å²) >= 11 is 9.82. The van der Waals surface area contributed by atoms with Crippen molar-refractivity contribution >= 4 is 27.5 Å². The number of aromatic nitrogens is 2. The van der Waals surface area contributed by atoms with Gasteiger partial charge in [0.15, 0.2) is 0 Å². The Morgan fingerprint density at radius 1 is 1.48 bits per heavy atom. The van der Waals surface area contributed by atoms with Crippen molar-refractivity contribution in [3.05, 3.63) is 50.5 Å². The quantitative estimate of drug-likeness (QED) is 0.856. The summed E-state index contributed by atoms with van der Waals surface area (Å²) in [6.07, 6.45) is 1.49. The van der Waals surface area contributed by atoms with Gasteiger partial charge in [-0.15, -0.1) is 0 Å². The van der Waals surface area contributed by atoms with E-state index in [0.717, 1.165) is 32.9 Å². The van der Waals surface area contributed by atoms with Crippen molar-refractivity contribution in [1.29, 1.82) is 0 Å². The van der Waals surface area contributed by atoms with Crippen molar-refractivity contribution in [2.24, 2.45) is 7.05 Å². The molecule has 2 aromatic rings. The summed E-state index contributed by atoms with van der Waals surface area (Å²) in [5.74, 6) is -0.257. The molecule has 21 heavy (non-hydrogen) atoms. The molecule has 0 aliphatic rings. The molecule has 0 radical (unpaired) electrons. The minimum Gasteiger partial charge on any atom is -0.313 e.